The highest BCUT2D eigenvalue weighted by Crippen LogP contribution is 2.46. The van der Waals surface area contributed by atoms with Gasteiger partial charge in [0.25, 0.3) is 0 Å². The van der Waals surface area contributed by atoms with Gasteiger partial charge >= 0.3 is 0 Å². The molecule has 0 aliphatic rings. The van der Waals surface area contributed by atoms with Gasteiger partial charge in [-0.1, -0.05) is 170 Å². The van der Waals surface area contributed by atoms with Gasteiger partial charge in [-0.05, 0) is 97.0 Å². The Kier molecular flexibility index (Phi) is 7.53. The Labute approximate surface area is 325 Å². The smallest absolute Gasteiger partial charge is 0.135 e. The molecule has 10 aromatic carbocycles. The van der Waals surface area contributed by atoms with Gasteiger partial charge in [-0.2, -0.15) is 0 Å². The van der Waals surface area contributed by atoms with E-state index in [1.165, 1.54) is 59.8 Å². The monoisotopic (exact) mass is 713 g/mol. The van der Waals surface area contributed by atoms with Crippen LogP contribution < -0.4 is 4.90 Å². The van der Waals surface area contributed by atoms with Gasteiger partial charge in [0.2, 0.25) is 0 Å². The number of anilines is 3. The summed E-state index contributed by atoms with van der Waals surface area (Å²) in [6, 6.07) is 76.6. The van der Waals surface area contributed by atoms with E-state index in [2.05, 4.69) is 199 Å². The molecule has 1 aromatic heterocycles. The quantitative estimate of drug-likeness (QED) is 0.160. The average molecular weight is 714 g/mol. The number of benzene rings is 10. The lowest BCUT2D eigenvalue weighted by Gasteiger charge is -2.29. The summed E-state index contributed by atoms with van der Waals surface area (Å²) in [5.74, 6) is 0.882. The molecule has 0 saturated carbocycles. The minimum atomic E-state index is 0.882. The third-order valence-corrected chi connectivity index (χ3v) is 11.2. The van der Waals surface area contributed by atoms with E-state index in [-0.39, 0.29) is 0 Å². The second-order valence-electron chi connectivity index (χ2n) is 14.5. The van der Waals surface area contributed by atoms with Crippen molar-refractivity contribution in [3.8, 4) is 33.6 Å². The Balaban J connectivity index is 1.01. The fourth-order valence-corrected chi connectivity index (χ4v) is 8.48. The van der Waals surface area contributed by atoms with E-state index >= 15 is 0 Å². The first-order valence-electron chi connectivity index (χ1n) is 19.2. The normalized spacial score (nSPS) is 11.6. The zero-order valence-electron chi connectivity index (χ0n) is 30.6. The number of para-hydroxylation sites is 1. The first-order valence-corrected chi connectivity index (χ1v) is 19.2. The topological polar surface area (TPSA) is 16.4 Å². The fourth-order valence-electron chi connectivity index (χ4n) is 8.48. The van der Waals surface area contributed by atoms with Gasteiger partial charge < -0.3 is 9.32 Å². The molecule has 0 amide bonds. The van der Waals surface area contributed by atoms with Gasteiger partial charge in [0.15, 0.2) is 0 Å². The molecule has 0 aliphatic heterocycles. The minimum Gasteiger partial charge on any atom is -0.456 e. The van der Waals surface area contributed by atoms with Crippen molar-refractivity contribution in [1.29, 1.82) is 0 Å². The summed E-state index contributed by atoms with van der Waals surface area (Å²) in [6.07, 6.45) is 0. The van der Waals surface area contributed by atoms with Gasteiger partial charge in [-0.3, -0.25) is 0 Å². The number of nitrogens with zero attached hydrogens (tertiary/aromatic N) is 1. The highest BCUT2D eigenvalue weighted by atomic mass is 16.3. The molecule has 0 unspecified atom stereocenters. The largest absolute Gasteiger partial charge is 0.456 e. The summed E-state index contributed by atoms with van der Waals surface area (Å²) in [7, 11) is 0. The predicted octanol–water partition coefficient (Wildman–Crippen LogP) is 15.5. The summed E-state index contributed by atoms with van der Waals surface area (Å²) in [5.41, 5.74) is 10.1. The van der Waals surface area contributed by atoms with Crippen LogP contribution in [0.25, 0.3) is 87.6 Å². The molecule has 11 aromatic rings. The maximum atomic E-state index is 6.18. The number of fused-ring (bicyclic) bond motifs is 7. The molecular weight excluding hydrogens is 679 g/mol. The standard InChI is InChI=1S/C54H35NO/c1-4-17-45-40(12-1)33-51(49-21-8-6-19-47(45)49)55(52-34-41-13-2-5-18-46(41)48-20-7-9-22-50(48)52)44-30-28-37(29-31-44)36-24-26-38(27-25-36)39-15-11-16-42(32-39)54-35-43-14-3-10-23-53(43)56-54/h1-35H. The van der Waals surface area contributed by atoms with E-state index in [1.54, 1.807) is 0 Å². The number of hydrogen-bond donors (Lipinski definition) is 0. The molecule has 262 valence electrons. The molecule has 1 heterocycles. The van der Waals surface area contributed by atoms with Crippen molar-refractivity contribution < 1.29 is 4.42 Å². The SMILES string of the molecule is c1cc(-c2ccc(-c3ccc(N(c4cc5ccccc5c5ccccc45)c4cc5ccccc5c5ccccc45)cc3)cc2)cc(-c2cc3ccccc3o2)c1. The van der Waals surface area contributed by atoms with Gasteiger partial charge in [-0.25, -0.2) is 0 Å². The Morgan fingerprint density at radius 1 is 0.286 bits per heavy atom. The Hall–Kier alpha value is -7.42. The van der Waals surface area contributed by atoms with Crippen LogP contribution in [-0.4, -0.2) is 0 Å². The minimum absolute atomic E-state index is 0.882. The van der Waals surface area contributed by atoms with Gasteiger partial charge in [0.05, 0.1) is 11.4 Å². The lowest BCUT2D eigenvalue weighted by atomic mass is 9.96. The van der Waals surface area contributed by atoms with E-state index in [0.717, 1.165) is 44.9 Å². The summed E-state index contributed by atoms with van der Waals surface area (Å²) < 4.78 is 6.18. The van der Waals surface area contributed by atoms with Crippen molar-refractivity contribution in [2.24, 2.45) is 0 Å². The first-order chi connectivity index (χ1) is 27.7. The Morgan fingerprint density at radius 2 is 0.732 bits per heavy atom. The lowest BCUT2D eigenvalue weighted by Crippen LogP contribution is -2.11. The van der Waals surface area contributed by atoms with Crippen molar-refractivity contribution in [1.82, 2.24) is 0 Å². The van der Waals surface area contributed by atoms with Crippen molar-refractivity contribution in [2.45, 2.75) is 0 Å². The second kappa shape index (κ2) is 13.2. The van der Waals surface area contributed by atoms with E-state index in [0.29, 0.717) is 0 Å². The summed E-state index contributed by atoms with van der Waals surface area (Å²) in [6.45, 7) is 0. The van der Waals surface area contributed by atoms with Crippen LogP contribution in [0, 0.1) is 0 Å². The van der Waals surface area contributed by atoms with E-state index in [1.807, 2.05) is 18.2 Å². The average Bonchev–Trinajstić information content (AvgIpc) is 3.72. The third kappa shape index (κ3) is 5.42. The number of furan rings is 1. The van der Waals surface area contributed by atoms with Crippen LogP contribution in [0.5, 0.6) is 0 Å². The molecule has 56 heavy (non-hydrogen) atoms. The Bertz CT molecular complexity index is 3090. The van der Waals surface area contributed by atoms with Gasteiger partial charge in [0.1, 0.15) is 11.3 Å². The molecular formula is C54H35NO. The van der Waals surface area contributed by atoms with Gasteiger partial charge in [-0.15, -0.1) is 0 Å². The van der Waals surface area contributed by atoms with Crippen LogP contribution in [0.2, 0.25) is 0 Å². The fraction of sp³-hybridized carbons (Fsp3) is 0. The van der Waals surface area contributed by atoms with Crippen molar-refractivity contribution >= 4 is 71.1 Å². The summed E-state index contributed by atoms with van der Waals surface area (Å²) >= 11 is 0. The van der Waals surface area contributed by atoms with E-state index in [4.69, 9.17) is 4.42 Å². The first kappa shape index (κ1) is 32.0. The molecule has 0 radical (unpaired) electrons. The molecule has 0 atom stereocenters. The van der Waals surface area contributed by atoms with Crippen LogP contribution in [0.15, 0.2) is 217 Å². The molecule has 11 rings (SSSR count). The van der Waals surface area contributed by atoms with Crippen LogP contribution in [-0.2, 0) is 0 Å². The highest BCUT2D eigenvalue weighted by molar-refractivity contribution is 6.18. The van der Waals surface area contributed by atoms with Crippen molar-refractivity contribution in [3.63, 3.8) is 0 Å². The predicted molar refractivity (Wildman–Crippen MR) is 237 cm³/mol. The molecule has 0 bridgehead atoms. The molecule has 0 spiro atoms. The zero-order valence-corrected chi connectivity index (χ0v) is 30.6. The number of hydrogen-bond acceptors (Lipinski definition) is 2. The molecule has 2 heteroatoms. The van der Waals surface area contributed by atoms with Crippen molar-refractivity contribution in [3.05, 3.63) is 212 Å². The van der Waals surface area contributed by atoms with E-state index in [9.17, 15) is 0 Å². The molecule has 2 nitrogen and oxygen atoms in total. The van der Waals surface area contributed by atoms with Crippen molar-refractivity contribution in [2.75, 3.05) is 4.90 Å². The van der Waals surface area contributed by atoms with Gasteiger partial charge in [0, 0.05) is 27.4 Å². The zero-order chi connectivity index (χ0) is 37.0. The number of rotatable bonds is 6. The molecule has 0 saturated heterocycles. The van der Waals surface area contributed by atoms with Crippen LogP contribution in [0.1, 0.15) is 0 Å². The molecule has 0 aliphatic carbocycles. The van der Waals surface area contributed by atoms with E-state index < -0.39 is 0 Å². The summed E-state index contributed by atoms with van der Waals surface area (Å²) in [5, 5.41) is 11.0. The highest BCUT2D eigenvalue weighted by Gasteiger charge is 2.21. The van der Waals surface area contributed by atoms with Crippen LogP contribution >= 0.6 is 0 Å². The summed E-state index contributed by atoms with van der Waals surface area (Å²) in [4.78, 5) is 2.46. The maximum Gasteiger partial charge on any atom is 0.135 e. The maximum absolute atomic E-state index is 6.18. The second-order valence-corrected chi connectivity index (χ2v) is 14.5. The third-order valence-electron chi connectivity index (χ3n) is 11.2. The Morgan fingerprint density at radius 3 is 1.30 bits per heavy atom. The molecule has 0 fully saturated rings. The lowest BCUT2D eigenvalue weighted by molar-refractivity contribution is 0.631. The van der Waals surface area contributed by atoms with Crippen LogP contribution in [0.4, 0.5) is 17.1 Å². The van der Waals surface area contributed by atoms with Crippen LogP contribution in [0.3, 0.4) is 0 Å². The molecule has 0 N–H and O–H groups in total.